The van der Waals surface area contributed by atoms with E-state index in [1.54, 1.807) is 4.90 Å². The van der Waals surface area contributed by atoms with Gasteiger partial charge in [0.05, 0.1) is 6.61 Å². The Morgan fingerprint density at radius 1 is 1.12 bits per heavy atom. The molecular weight excluding hydrogens is 446 g/mol. The molecule has 1 unspecified atom stereocenters. The number of aliphatic hydroxyl groups excluding tert-OH is 2. The molecule has 0 bridgehead atoms. The number of amides is 1. The number of benzene rings is 2. The highest BCUT2D eigenvalue weighted by atomic mass is 28.3. The van der Waals surface area contributed by atoms with Crippen molar-refractivity contribution in [3.63, 3.8) is 0 Å². The molecule has 34 heavy (non-hydrogen) atoms. The number of hydrogen-bond acceptors (Lipinski definition) is 5. The molecule has 1 radical (unpaired) electrons. The van der Waals surface area contributed by atoms with Crippen molar-refractivity contribution in [3.05, 3.63) is 47.5 Å². The molecule has 0 aliphatic carbocycles. The summed E-state index contributed by atoms with van der Waals surface area (Å²) < 4.78 is 12.4. The summed E-state index contributed by atoms with van der Waals surface area (Å²) in [5.41, 5.74) is -0.543. The second-order valence-electron chi connectivity index (χ2n) is 11.6. The Balaban J connectivity index is 2.20. The maximum Gasteiger partial charge on any atom is 0.412 e. The second-order valence-corrected chi connectivity index (χ2v) is 13.7. The first-order valence-corrected chi connectivity index (χ1v) is 14.4. The minimum absolute atomic E-state index is 0.0915. The van der Waals surface area contributed by atoms with Crippen molar-refractivity contribution in [1.82, 2.24) is 4.90 Å². The SMILES string of the molecule is C[Si](C)O[C@]1(C(O)c2ccc(CO)c3ccccc23)C[C@H](C(C)(C)C)CN1C(=O)OC(C)(C)C. The lowest BCUT2D eigenvalue weighted by Crippen LogP contribution is -2.56. The van der Waals surface area contributed by atoms with E-state index in [0.717, 1.165) is 16.3 Å². The van der Waals surface area contributed by atoms with Gasteiger partial charge in [0.2, 0.25) is 9.04 Å². The molecule has 1 aliphatic rings. The fourth-order valence-corrected chi connectivity index (χ4v) is 5.81. The van der Waals surface area contributed by atoms with Crippen molar-refractivity contribution in [3.8, 4) is 0 Å². The number of carbonyl (C=O) groups is 1. The van der Waals surface area contributed by atoms with E-state index >= 15 is 0 Å². The average Bonchev–Trinajstić information content (AvgIpc) is 3.11. The Morgan fingerprint density at radius 2 is 1.74 bits per heavy atom. The molecule has 0 aromatic heterocycles. The molecular formula is C27H40NO5Si. The predicted octanol–water partition coefficient (Wildman–Crippen LogP) is 5.63. The normalized spacial score (nSPS) is 22.4. The van der Waals surface area contributed by atoms with Crippen LogP contribution in [0.1, 0.15) is 65.2 Å². The molecule has 6 nitrogen and oxygen atoms in total. The third-order valence-corrected chi connectivity index (χ3v) is 7.32. The van der Waals surface area contributed by atoms with Crippen LogP contribution >= 0.6 is 0 Å². The van der Waals surface area contributed by atoms with Gasteiger partial charge in [-0.25, -0.2) is 4.79 Å². The first-order chi connectivity index (χ1) is 15.7. The van der Waals surface area contributed by atoms with Crippen LogP contribution in [0.25, 0.3) is 10.8 Å². The second kappa shape index (κ2) is 9.61. The lowest BCUT2D eigenvalue weighted by Gasteiger charge is -2.43. The van der Waals surface area contributed by atoms with E-state index in [0.29, 0.717) is 18.5 Å². The average molecular weight is 487 g/mol. The highest BCUT2D eigenvalue weighted by molar-refractivity contribution is 6.48. The van der Waals surface area contributed by atoms with Crippen LogP contribution in [0.3, 0.4) is 0 Å². The van der Waals surface area contributed by atoms with Crippen LogP contribution in [0.4, 0.5) is 4.79 Å². The van der Waals surface area contributed by atoms with Crippen LogP contribution in [0.5, 0.6) is 0 Å². The Morgan fingerprint density at radius 3 is 2.26 bits per heavy atom. The van der Waals surface area contributed by atoms with Gasteiger partial charge >= 0.3 is 6.09 Å². The fourth-order valence-electron chi connectivity index (χ4n) is 4.80. The standard InChI is InChI=1S/C27H40NO5Si/c1-25(2,3)19-15-27(33-34(7)8,28(16-19)24(31)32-26(4,5)6)23(30)22-14-13-18(17-29)20-11-9-10-12-21(20)22/h9-14,19,23,29-30H,15-17H2,1-8H3/t19-,23?,27-/m0/s1. The van der Waals surface area contributed by atoms with Crippen molar-refractivity contribution in [2.24, 2.45) is 11.3 Å². The highest BCUT2D eigenvalue weighted by Gasteiger charge is 2.57. The third kappa shape index (κ3) is 5.33. The number of likely N-dealkylation sites (tertiary alicyclic amines) is 1. The van der Waals surface area contributed by atoms with Crippen molar-refractivity contribution in [2.75, 3.05) is 6.54 Å². The molecule has 2 N–H and O–H groups in total. The maximum absolute atomic E-state index is 13.5. The summed E-state index contributed by atoms with van der Waals surface area (Å²) in [7, 11) is -1.32. The van der Waals surface area contributed by atoms with E-state index in [1.165, 1.54) is 0 Å². The van der Waals surface area contributed by atoms with Crippen LogP contribution in [-0.4, -0.2) is 48.1 Å². The maximum atomic E-state index is 13.5. The number of ether oxygens (including phenoxy) is 1. The fraction of sp³-hybridized carbons (Fsp3) is 0.593. The molecule has 1 heterocycles. The number of rotatable bonds is 5. The van der Waals surface area contributed by atoms with E-state index < -0.39 is 32.6 Å². The molecule has 0 saturated carbocycles. The highest BCUT2D eigenvalue weighted by Crippen LogP contribution is 2.50. The molecule has 3 atom stereocenters. The van der Waals surface area contributed by atoms with Gasteiger partial charge in [0.15, 0.2) is 5.72 Å². The van der Waals surface area contributed by atoms with Crippen LogP contribution in [0.15, 0.2) is 36.4 Å². The van der Waals surface area contributed by atoms with Gasteiger partial charge < -0.3 is 19.4 Å². The van der Waals surface area contributed by atoms with Crippen molar-refractivity contribution >= 4 is 25.9 Å². The molecule has 1 saturated heterocycles. The summed E-state index contributed by atoms with van der Waals surface area (Å²) in [6.07, 6.45) is -1.06. The van der Waals surface area contributed by atoms with Gasteiger partial charge in [0.25, 0.3) is 0 Å². The Kier molecular flexibility index (Phi) is 7.54. The van der Waals surface area contributed by atoms with Gasteiger partial charge in [0.1, 0.15) is 11.7 Å². The largest absolute Gasteiger partial charge is 0.444 e. The molecule has 2 aromatic rings. The van der Waals surface area contributed by atoms with Crippen molar-refractivity contribution < 1.29 is 24.2 Å². The molecule has 1 fully saturated rings. The lowest BCUT2D eigenvalue weighted by atomic mass is 9.77. The van der Waals surface area contributed by atoms with Crippen LogP contribution < -0.4 is 0 Å². The summed E-state index contributed by atoms with van der Waals surface area (Å²) in [6.45, 7) is 16.4. The van der Waals surface area contributed by atoms with Crippen molar-refractivity contribution in [1.29, 1.82) is 0 Å². The van der Waals surface area contributed by atoms with Gasteiger partial charge in [-0.15, -0.1) is 0 Å². The number of aliphatic hydroxyl groups is 2. The van der Waals surface area contributed by atoms with Gasteiger partial charge in [-0.05, 0) is 67.1 Å². The van der Waals surface area contributed by atoms with E-state index in [9.17, 15) is 15.0 Å². The molecule has 7 heteroatoms. The molecule has 0 spiro atoms. The number of carbonyl (C=O) groups excluding carboxylic acids is 1. The smallest absolute Gasteiger partial charge is 0.412 e. The minimum atomic E-state index is -1.32. The van der Waals surface area contributed by atoms with Crippen LogP contribution in [-0.2, 0) is 15.8 Å². The zero-order valence-corrected chi connectivity index (χ0v) is 22.8. The zero-order chi connectivity index (χ0) is 25.5. The summed E-state index contributed by atoms with van der Waals surface area (Å²) in [4.78, 5) is 15.2. The topological polar surface area (TPSA) is 79.2 Å². The van der Waals surface area contributed by atoms with E-state index in [2.05, 4.69) is 20.8 Å². The molecule has 3 rings (SSSR count). The summed E-state index contributed by atoms with van der Waals surface area (Å²) in [6, 6.07) is 11.4. The first-order valence-electron chi connectivity index (χ1n) is 12.0. The van der Waals surface area contributed by atoms with E-state index in [1.807, 2.05) is 70.3 Å². The van der Waals surface area contributed by atoms with Crippen LogP contribution in [0.2, 0.25) is 13.1 Å². The van der Waals surface area contributed by atoms with E-state index in [4.69, 9.17) is 9.16 Å². The molecule has 187 valence electrons. The summed E-state index contributed by atoms with van der Waals surface area (Å²) in [5, 5.41) is 23.6. The monoisotopic (exact) mass is 486 g/mol. The van der Waals surface area contributed by atoms with Gasteiger partial charge in [-0.3, -0.25) is 4.90 Å². The molecule has 1 aliphatic heterocycles. The third-order valence-electron chi connectivity index (χ3n) is 6.56. The quantitative estimate of drug-likeness (QED) is 0.535. The Hall–Kier alpha value is -1.93. The van der Waals surface area contributed by atoms with Gasteiger partial charge in [-0.2, -0.15) is 0 Å². The summed E-state index contributed by atoms with van der Waals surface area (Å²) >= 11 is 0. The van der Waals surface area contributed by atoms with Gasteiger partial charge in [0, 0.05) is 13.0 Å². The Labute approximate surface area is 205 Å². The molecule has 2 aromatic carbocycles. The van der Waals surface area contributed by atoms with E-state index in [-0.39, 0.29) is 17.9 Å². The number of fused-ring (bicyclic) bond motifs is 1. The first kappa shape index (κ1) is 26.7. The van der Waals surface area contributed by atoms with Crippen molar-refractivity contribution in [2.45, 2.75) is 85.1 Å². The Bertz CT molecular complexity index is 1030. The minimum Gasteiger partial charge on any atom is -0.444 e. The predicted molar refractivity (Wildman–Crippen MR) is 137 cm³/mol. The molecule has 1 amide bonds. The lowest BCUT2D eigenvalue weighted by molar-refractivity contribution is -0.140. The summed E-state index contributed by atoms with van der Waals surface area (Å²) in [5.74, 6) is 0.110. The van der Waals surface area contributed by atoms with Gasteiger partial charge in [-0.1, -0.05) is 57.2 Å². The number of nitrogens with zero attached hydrogens (tertiary/aromatic N) is 1. The zero-order valence-electron chi connectivity index (χ0n) is 21.8. The number of hydrogen-bond donors (Lipinski definition) is 2. The van der Waals surface area contributed by atoms with Crippen LogP contribution in [0, 0.1) is 11.3 Å².